The highest BCUT2D eigenvalue weighted by molar-refractivity contribution is 5.94. The van der Waals surface area contributed by atoms with Gasteiger partial charge in [0.25, 0.3) is 5.91 Å². The van der Waals surface area contributed by atoms with Crippen molar-refractivity contribution in [1.82, 2.24) is 10.2 Å². The molecule has 1 aromatic carbocycles. The minimum Gasteiger partial charge on any atom is -0.352 e. The smallest absolute Gasteiger partial charge is 0.251 e. The van der Waals surface area contributed by atoms with E-state index in [9.17, 15) is 4.79 Å². The maximum atomic E-state index is 12.0. The Hall–Kier alpha value is -1.35. The zero-order valence-electron chi connectivity index (χ0n) is 13.6. The Morgan fingerprint density at radius 2 is 2.05 bits per heavy atom. The Morgan fingerprint density at radius 3 is 2.67 bits per heavy atom. The molecule has 2 rings (SSSR count). The van der Waals surface area contributed by atoms with E-state index in [0.717, 1.165) is 24.6 Å². The molecule has 0 spiro atoms. The van der Waals surface area contributed by atoms with Gasteiger partial charge >= 0.3 is 0 Å². The maximum absolute atomic E-state index is 12.0. The van der Waals surface area contributed by atoms with Crippen LogP contribution in [-0.2, 0) is 6.54 Å². The number of piperidine rings is 1. The van der Waals surface area contributed by atoms with Gasteiger partial charge in [-0.05, 0) is 48.9 Å². The molecule has 1 saturated heterocycles. The van der Waals surface area contributed by atoms with Crippen LogP contribution >= 0.6 is 0 Å². The number of nitrogens with zero attached hydrogens (tertiary/aromatic N) is 1. The molecule has 1 fully saturated rings. The van der Waals surface area contributed by atoms with Gasteiger partial charge in [0.1, 0.15) is 0 Å². The molecule has 1 atom stereocenters. The molecule has 1 heterocycles. The van der Waals surface area contributed by atoms with E-state index in [1.807, 2.05) is 12.1 Å². The third-order valence-electron chi connectivity index (χ3n) is 4.03. The molecular weight excluding hydrogens is 260 g/mol. The number of likely N-dealkylation sites (tertiary alicyclic amines) is 1. The fourth-order valence-electron chi connectivity index (χ4n) is 2.85. The summed E-state index contributed by atoms with van der Waals surface area (Å²) in [5, 5.41) is 2.96. The predicted octanol–water partition coefficient (Wildman–Crippen LogP) is 3.30. The van der Waals surface area contributed by atoms with Crippen molar-refractivity contribution in [2.24, 2.45) is 11.8 Å². The molecule has 1 aromatic rings. The van der Waals surface area contributed by atoms with Gasteiger partial charge in [-0.25, -0.2) is 0 Å². The first-order chi connectivity index (χ1) is 10.0. The van der Waals surface area contributed by atoms with Gasteiger partial charge in [0.05, 0.1) is 0 Å². The van der Waals surface area contributed by atoms with Crippen molar-refractivity contribution in [3.8, 4) is 0 Å². The molecule has 116 valence electrons. The summed E-state index contributed by atoms with van der Waals surface area (Å²) < 4.78 is 0. The molecule has 0 radical (unpaired) electrons. The number of carbonyl (C=O) groups is 1. The molecule has 3 heteroatoms. The zero-order valence-corrected chi connectivity index (χ0v) is 13.6. The van der Waals surface area contributed by atoms with Crippen LogP contribution in [0.1, 0.15) is 49.5 Å². The molecule has 3 nitrogen and oxygen atoms in total. The standard InChI is InChI=1S/C18H28N2O/c1-14(2)11-19-18(21)17-8-6-16(7-9-17)13-20-10-4-5-15(3)12-20/h6-9,14-15H,4-5,10-13H2,1-3H3,(H,19,21)/t15-/m1/s1. The SMILES string of the molecule is CC(C)CNC(=O)c1ccc(CN2CCC[C@@H](C)C2)cc1. The summed E-state index contributed by atoms with van der Waals surface area (Å²) in [5.41, 5.74) is 2.05. The summed E-state index contributed by atoms with van der Waals surface area (Å²) in [7, 11) is 0. The number of amides is 1. The van der Waals surface area contributed by atoms with E-state index < -0.39 is 0 Å². The first-order valence-electron chi connectivity index (χ1n) is 8.14. The topological polar surface area (TPSA) is 32.3 Å². The molecule has 0 unspecified atom stereocenters. The van der Waals surface area contributed by atoms with Crippen LogP contribution in [0.2, 0.25) is 0 Å². The summed E-state index contributed by atoms with van der Waals surface area (Å²) >= 11 is 0. The van der Waals surface area contributed by atoms with Gasteiger partial charge in [-0.15, -0.1) is 0 Å². The van der Waals surface area contributed by atoms with Gasteiger partial charge in [0.2, 0.25) is 0 Å². The zero-order chi connectivity index (χ0) is 15.2. The second kappa shape index (κ2) is 7.60. The highest BCUT2D eigenvalue weighted by atomic mass is 16.1. The summed E-state index contributed by atoms with van der Waals surface area (Å²) in [6.45, 7) is 10.6. The molecule has 21 heavy (non-hydrogen) atoms. The Kier molecular flexibility index (Phi) is 5.80. The fourth-order valence-corrected chi connectivity index (χ4v) is 2.85. The molecule has 0 aromatic heterocycles. The Morgan fingerprint density at radius 1 is 1.33 bits per heavy atom. The largest absolute Gasteiger partial charge is 0.352 e. The predicted molar refractivity (Wildman–Crippen MR) is 87.3 cm³/mol. The van der Waals surface area contributed by atoms with Gasteiger partial charge in [0, 0.05) is 25.2 Å². The van der Waals surface area contributed by atoms with E-state index in [1.165, 1.54) is 31.5 Å². The molecule has 1 amide bonds. The second-order valence-corrected chi connectivity index (χ2v) is 6.78. The lowest BCUT2D eigenvalue weighted by Gasteiger charge is -2.30. The van der Waals surface area contributed by atoms with Crippen molar-refractivity contribution < 1.29 is 4.79 Å². The van der Waals surface area contributed by atoms with Crippen LogP contribution < -0.4 is 5.32 Å². The van der Waals surface area contributed by atoms with E-state index in [0.29, 0.717) is 5.92 Å². The van der Waals surface area contributed by atoms with Gasteiger partial charge in [-0.3, -0.25) is 9.69 Å². The first-order valence-corrected chi connectivity index (χ1v) is 8.14. The lowest BCUT2D eigenvalue weighted by Crippen LogP contribution is -2.33. The summed E-state index contributed by atoms with van der Waals surface area (Å²) in [6.07, 6.45) is 2.66. The number of hydrogen-bond acceptors (Lipinski definition) is 2. The average Bonchev–Trinajstić information content (AvgIpc) is 2.45. The lowest BCUT2D eigenvalue weighted by molar-refractivity contribution is 0.0949. The van der Waals surface area contributed by atoms with Crippen LogP contribution in [0.5, 0.6) is 0 Å². The van der Waals surface area contributed by atoms with E-state index in [-0.39, 0.29) is 5.91 Å². The average molecular weight is 288 g/mol. The number of nitrogens with one attached hydrogen (secondary N) is 1. The Labute approximate surface area is 128 Å². The van der Waals surface area contributed by atoms with Crippen LogP contribution in [0.4, 0.5) is 0 Å². The maximum Gasteiger partial charge on any atom is 0.251 e. The van der Waals surface area contributed by atoms with E-state index in [2.05, 4.69) is 43.1 Å². The van der Waals surface area contributed by atoms with Crippen molar-refractivity contribution in [2.45, 2.75) is 40.2 Å². The minimum atomic E-state index is 0.0295. The van der Waals surface area contributed by atoms with Crippen molar-refractivity contribution in [2.75, 3.05) is 19.6 Å². The van der Waals surface area contributed by atoms with E-state index in [4.69, 9.17) is 0 Å². The second-order valence-electron chi connectivity index (χ2n) is 6.78. The van der Waals surface area contributed by atoms with Crippen molar-refractivity contribution in [1.29, 1.82) is 0 Å². The van der Waals surface area contributed by atoms with Crippen molar-refractivity contribution in [3.05, 3.63) is 35.4 Å². The van der Waals surface area contributed by atoms with Crippen molar-refractivity contribution >= 4 is 5.91 Å². The number of rotatable bonds is 5. The summed E-state index contributed by atoms with van der Waals surface area (Å²) in [6, 6.07) is 8.06. The molecule has 1 aliphatic rings. The normalized spacial score (nSPS) is 19.7. The molecular formula is C18H28N2O. The monoisotopic (exact) mass is 288 g/mol. The van der Waals surface area contributed by atoms with Crippen LogP contribution in [0.25, 0.3) is 0 Å². The van der Waals surface area contributed by atoms with Gasteiger partial charge < -0.3 is 5.32 Å². The third kappa shape index (κ3) is 5.16. The van der Waals surface area contributed by atoms with Gasteiger partial charge in [-0.1, -0.05) is 32.9 Å². The van der Waals surface area contributed by atoms with Crippen LogP contribution in [0.3, 0.4) is 0 Å². The quantitative estimate of drug-likeness (QED) is 0.901. The molecule has 0 aliphatic carbocycles. The Balaban J connectivity index is 1.88. The van der Waals surface area contributed by atoms with Crippen LogP contribution in [0.15, 0.2) is 24.3 Å². The van der Waals surface area contributed by atoms with Crippen LogP contribution in [0, 0.1) is 11.8 Å². The van der Waals surface area contributed by atoms with Crippen molar-refractivity contribution in [3.63, 3.8) is 0 Å². The fraction of sp³-hybridized carbons (Fsp3) is 0.611. The lowest BCUT2D eigenvalue weighted by atomic mass is 9.99. The highest BCUT2D eigenvalue weighted by Crippen LogP contribution is 2.18. The molecule has 1 N–H and O–H groups in total. The van der Waals surface area contributed by atoms with Gasteiger partial charge in [-0.2, -0.15) is 0 Å². The van der Waals surface area contributed by atoms with E-state index >= 15 is 0 Å². The number of benzene rings is 1. The number of hydrogen-bond donors (Lipinski definition) is 1. The summed E-state index contributed by atoms with van der Waals surface area (Å²) in [4.78, 5) is 14.5. The number of carbonyl (C=O) groups excluding carboxylic acids is 1. The Bertz CT molecular complexity index is 453. The van der Waals surface area contributed by atoms with Crippen LogP contribution in [-0.4, -0.2) is 30.4 Å². The van der Waals surface area contributed by atoms with E-state index in [1.54, 1.807) is 0 Å². The molecule has 0 bridgehead atoms. The molecule has 1 aliphatic heterocycles. The third-order valence-corrected chi connectivity index (χ3v) is 4.03. The first kappa shape index (κ1) is 16.0. The van der Waals surface area contributed by atoms with Gasteiger partial charge in [0.15, 0.2) is 0 Å². The summed E-state index contributed by atoms with van der Waals surface area (Å²) in [5.74, 6) is 1.32. The highest BCUT2D eigenvalue weighted by Gasteiger charge is 2.16. The minimum absolute atomic E-state index is 0.0295. The molecule has 0 saturated carbocycles.